The van der Waals surface area contributed by atoms with Crippen LogP contribution in [-0.4, -0.2) is 43.4 Å². The summed E-state index contributed by atoms with van der Waals surface area (Å²) in [5.74, 6) is 0.356. The van der Waals surface area contributed by atoms with Crippen molar-refractivity contribution in [1.82, 2.24) is 10.2 Å². The molecule has 5 nitrogen and oxygen atoms in total. The number of hydrogen-bond donors (Lipinski definition) is 2. The molecule has 2 aliphatic heterocycles. The molecule has 1 aromatic rings. The fourth-order valence-corrected chi connectivity index (χ4v) is 3.50. The number of hydrogen-bond acceptors (Lipinski definition) is 3. The van der Waals surface area contributed by atoms with Gasteiger partial charge >= 0.3 is 0 Å². The Morgan fingerprint density at radius 2 is 2.05 bits per heavy atom. The summed E-state index contributed by atoms with van der Waals surface area (Å²) in [6.07, 6.45) is 2.33. The van der Waals surface area contributed by atoms with Crippen molar-refractivity contribution in [3.63, 3.8) is 0 Å². The van der Waals surface area contributed by atoms with E-state index in [4.69, 9.17) is 0 Å². The SMILES string of the molecule is CNCC1CCN(C(=O)C2CC(=O)Nc3ccccc32)CC1. The number of para-hydroxylation sites is 1. The first-order valence-electron chi connectivity index (χ1n) is 8.01. The second kappa shape index (κ2) is 6.48. The lowest BCUT2D eigenvalue weighted by molar-refractivity contribution is -0.136. The summed E-state index contributed by atoms with van der Waals surface area (Å²) in [5.41, 5.74) is 1.73. The predicted octanol–water partition coefficient (Wildman–Crippen LogP) is 1.57. The number of anilines is 1. The number of rotatable bonds is 3. The standard InChI is InChI=1S/C17H23N3O2/c1-18-11-12-6-8-20(9-7-12)17(22)14-10-16(21)19-15-5-3-2-4-13(14)15/h2-5,12,14,18H,6-11H2,1H3,(H,19,21). The topological polar surface area (TPSA) is 61.4 Å². The maximum absolute atomic E-state index is 12.9. The van der Waals surface area contributed by atoms with Crippen LogP contribution in [0.3, 0.4) is 0 Å². The zero-order valence-electron chi connectivity index (χ0n) is 13.0. The van der Waals surface area contributed by atoms with E-state index < -0.39 is 0 Å². The average Bonchev–Trinajstić information content (AvgIpc) is 2.54. The first kappa shape index (κ1) is 15.0. The molecule has 0 bridgehead atoms. The monoisotopic (exact) mass is 301 g/mol. The van der Waals surface area contributed by atoms with Crippen molar-refractivity contribution >= 4 is 17.5 Å². The molecular formula is C17H23N3O2. The molecule has 1 fully saturated rings. The molecule has 22 heavy (non-hydrogen) atoms. The van der Waals surface area contributed by atoms with E-state index in [9.17, 15) is 9.59 Å². The van der Waals surface area contributed by atoms with Crippen molar-refractivity contribution < 1.29 is 9.59 Å². The molecule has 0 radical (unpaired) electrons. The van der Waals surface area contributed by atoms with Gasteiger partial charge in [0.15, 0.2) is 0 Å². The first-order chi connectivity index (χ1) is 10.7. The van der Waals surface area contributed by atoms with E-state index in [-0.39, 0.29) is 24.2 Å². The second-order valence-electron chi connectivity index (χ2n) is 6.22. The number of carbonyl (C=O) groups excluding carboxylic acids is 2. The van der Waals surface area contributed by atoms with Crippen LogP contribution in [0.25, 0.3) is 0 Å². The second-order valence-corrected chi connectivity index (χ2v) is 6.22. The van der Waals surface area contributed by atoms with Gasteiger partial charge in [-0.15, -0.1) is 0 Å². The quantitative estimate of drug-likeness (QED) is 0.891. The molecule has 0 aliphatic carbocycles. The molecule has 2 aliphatic rings. The van der Waals surface area contributed by atoms with E-state index in [2.05, 4.69) is 10.6 Å². The third kappa shape index (κ3) is 2.99. The van der Waals surface area contributed by atoms with Gasteiger partial charge in [0.2, 0.25) is 11.8 Å². The lowest BCUT2D eigenvalue weighted by Crippen LogP contribution is -2.44. The van der Waals surface area contributed by atoms with E-state index in [1.54, 1.807) is 0 Å². The summed E-state index contributed by atoms with van der Waals surface area (Å²) in [7, 11) is 1.97. The van der Waals surface area contributed by atoms with Crippen molar-refractivity contribution in [3.05, 3.63) is 29.8 Å². The van der Waals surface area contributed by atoms with E-state index >= 15 is 0 Å². The highest BCUT2D eigenvalue weighted by Gasteiger charge is 2.34. The van der Waals surface area contributed by atoms with Gasteiger partial charge in [0.1, 0.15) is 0 Å². The lowest BCUT2D eigenvalue weighted by Gasteiger charge is -2.35. The van der Waals surface area contributed by atoms with Crippen LogP contribution in [-0.2, 0) is 9.59 Å². The number of nitrogens with zero attached hydrogens (tertiary/aromatic N) is 1. The Balaban J connectivity index is 1.72. The van der Waals surface area contributed by atoms with E-state index in [0.717, 1.165) is 43.7 Å². The molecule has 1 saturated heterocycles. The number of carbonyl (C=O) groups is 2. The van der Waals surface area contributed by atoms with Crippen LogP contribution in [0.2, 0.25) is 0 Å². The zero-order chi connectivity index (χ0) is 15.5. The summed E-state index contributed by atoms with van der Waals surface area (Å²) >= 11 is 0. The maximum Gasteiger partial charge on any atom is 0.230 e. The zero-order valence-corrected chi connectivity index (χ0v) is 13.0. The molecule has 3 rings (SSSR count). The van der Waals surface area contributed by atoms with Crippen LogP contribution < -0.4 is 10.6 Å². The number of fused-ring (bicyclic) bond motifs is 1. The third-order valence-corrected chi connectivity index (χ3v) is 4.72. The first-order valence-corrected chi connectivity index (χ1v) is 8.01. The minimum absolute atomic E-state index is 0.0675. The van der Waals surface area contributed by atoms with Crippen molar-refractivity contribution in [2.45, 2.75) is 25.2 Å². The summed E-state index contributed by atoms with van der Waals surface area (Å²) in [6.45, 7) is 2.60. The fraction of sp³-hybridized carbons (Fsp3) is 0.529. The Hall–Kier alpha value is -1.88. The number of likely N-dealkylation sites (tertiary alicyclic amines) is 1. The molecule has 5 heteroatoms. The van der Waals surface area contributed by atoms with Gasteiger partial charge < -0.3 is 15.5 Å². The summed E-state index contributed by atoms with van der Waals surface area (Å²) in [4.78, 5) is 26.7. The van der Waals surface area contributed by atoms with Gasteiger partial charge in [0, 0.05) is 25.2 Å². The van der Waals surface area contributed by atoms with Gasteiger partial charge in [-0.2, -0.15) is 0 Å². The van der Waals surface area contributed by atoms with E-state index in [1.807, 2.05) is 36.2 Å². The average molecular weight is 301 g/mol. The van der Waals surface area contributed by atoms with Crippen molar-refractivity contribution in [2.75, 3.05) is 32.0 Å². The maximum atomic E-state index is 12.9. The highest BCUT2D eigenvalue weighted by molar-refractivity contribution is 6.01. The van der Waals surface area contributed by atoms with Crippen molar-refractivity contribution in [2.24, 2.45) is 5.92 Å². The molecule has 2 heterocycles. The number of benzene rings is 1. The van der Waals surface area contributed by atoms with Gasteiger partial charge in [-0.3, -0.25) is 9.59 Å². The number of nitrogens with one attached hydrogen (secondary N) is 2. The van der Waals surface area contributed by atoms with Crippen LogP contribution in [0.1, 0.15) is 30.7 Å². The Morgan fingerprint density at radius 1 is 1.32 bits per heavy atom. The predicted molar refractivity (Wildman–Crippen MR) is 85.7 cm³/mol. The summed E-state index contributed by atoms with van der Waals surface area (Å²) in [5, 5.41) is 6.06. The van der Waals surface area contributed by atoms with Gasteiger partial charge in [-0.25, -0.2) is 0 Å². The van der Waals surface area contributed by atoms with Gasteiger partial charge in [0.05, 0.1) is 5.92 Å². The molecule has 0 spiro atoms. The Bertz CT molecular complexity index is 565. The van der Waals surface area contributed by atoms with Crippen LogP contribution >= 0.6 is 0 Å². The van der Waals surface area contributed by atoms with Gasteiger partial charge in [0.25, 0.3) is 0 Å². The molecule has 1 atom stereocenters. The smallest absolute Gasteiger partial charge is 0.230 e. The Morgan fingerprint density at radius 3 is 2.77 bits per heavy atom. The van der Waals surface area contributed by atoms with Crippen molar-refractivity contribution in [3.8, 4) is 0 Å². The Labute approximate surface area is 131 Å². The molecule has 0 saturated carbocycles. The number of piperidine rings is 1. The number of amides is 2. The van der Waals surface area contributed by atoms with Crippen LogP contribution in [0.5, 0.6) is 0 Å². The van der Waals surface area contributed by atoms with E-state index in [0.29, 0.717) is 5.92 Å². The van der Waals surface area contributed by atoms with Crippen LogP contribution in [0, 0.1) is 5.92 Å². The molecule has 2 N–H and O–H groups in total. The minimum atomic E-state index is -0.328. The van der Waals surface area contributed by atoms with Crippen LogP contribution in [0.4, 0.5) is 5.69 Å². The molecular weight excluding hydrogens is 278 g/mol. The Kier molecular flexibility index (Phi) is 4.43. The molecule has 2 amide bonds. The fourth-order valence-electron chi connectivity index (χ4n) is 3.50. The molecule has 1 aromatic carbocycles. The van der Waals surface area contributed by atoms with E-state index in [1.165, 1.54) is 0 Å². The molecule has 118 valence electrons. The van der Waals surface area contributed by atoms with Gasteiger partial charge in [-0.05, 0) is 44.0 Å². The lowest BCUT2D eigenvalue weighted by atomic mass is 9.88. The normalized spacial score (nSPS) is 22.1. The summed E-state index contributed by atoms with van der Waals surface area (Å²) < 4.78 is 0. The largest absolute Gasteiger partial charge is 0.342 e. The summed E-state index contributed by atoms with van der Waals surface area (Å²) in [6, 6.07) is 7.63. The van der Waals surface area contributed by atoms with Crippen LogP contribution in [0.15, 0.2) is 24.3 Å². The molecule has 0 aromatic heterocycles. The van der Waals surface area contributed by atoms with Crippen molar-refractivity contribution in [1.29, 1.82) is 0 Å². The minimum Gasteiger partial charge on any atom is -0.342 e. The highest BCUT2D eigenvalue weighted by Crippen LogP contribution is 2.34. The molecule has 1 unspecified atom stereocenters. The van der Waals surface area contributed by atoms with Gasteiger partial charge in [-0.1, -0.05) is 18.2 Å². The third-order valence-electron chi connectivity index (χ3n) is 4.72. The highest BCUT2D eigenvalue weighted by atomic mass is 16.2.